The Labute approximate surface area is 96.3 Å². The third-order valence-electron chi connectivity index (χ3n) is 1.88. The molecule has 17 heavy (non-hydrogen) atoms. The predicted octanol–water partition coefficient (Wildman–Crippen LogP) is 3.01. The highest BCUT2D eigenvalue weighted by Gasteiger charge is 2.29. The molecule has 2 N–H and O–H groups in total. The Morgan fingerprint density at radius 1 is 1.29 bits per heavy atom. The lowest BCUT2D eigenvalue weighted by Crippen LogP contribution is -2.28. The van der Waals surface area contributed by atoms with E-state index in [0.717, 1.165) is 12.1 Å². The van der Waals surface area contributed by atoms with Gasteiger partial charge in [0, 0.05) is 12.2 Å². The van der Waals surface area contributed by atoms with Gasteiger partial charge in [-0.2, -0.15) is 13.2 Å². The smallest absolute Gasteiger partial charge is 0.334 e. The van der Waals surface area contributed by atoms with Crippen LogP contribution in [0.2, 0.25) is 0 Å². The van der Waals surface area contributed by atoms with Crippen molar-refractivity contribution >= 4 is 11.7 Å². The second kappa shape index (κ2) is 5.38. The number of alkyl halides is 3. The van der Waals surface area contributed by atoms with Gasteiger partial charge in [-0.25, -0.2) is 4.79 Å². The lowest BCUT2D eigenvalue weighted by Gasteiger charge is -2.08. The Balaban J connectivity index is 2.62. The van der Waals surface area contributed by atoms with E-state index >= 15 is 0 Å². The van der Waals surface area contributed by atoms with Crippen molar-refractivity contribution in [2.45, 2.75) is 6.18 Å². The quantitative estimate of drug-likeness (QED) is 0.788. The van der Waals surface area contributed by atoms with Crippen molar-refractivity contribution in [2.24, 2.45) is 0 Å². The standard InChI is InChI=1S/C11H11F3N2O/c1-2-7-15-10(17)16-9-5-3-8(4-6-9)11(12,13)14/h2-6H,1,7H2,(H2,15,16,17). The van der Waals surface area contributed by atoms with Crippen molar-refractivity contribution in [1.82, 2.24) is 5.32 Å². The minimum atomic E-state index is -4.37. The topological polar surface area (TPSA) is 41.1 Å². The molecule has 0 saturated carbocycles. The van der Waals surface area contributed by atoms with Gasteiger partial charge < -0.3 is 10.6 Å². The summed E-state index contributed by atoms with van der Waals surface area (Å²) in [6.07, 6.45) is -2.88. The average Bonchev–Trinajstić information content (AvgIpc) is 2.26. The third kappa shape index (κ3) is 4.18. The van der Waals surface area contributed by atoms with E-state index < -0.39 is 17.8 Å². The van der Waals surface area contributed by atoms with Crippen molar-refractivity contribution in [3.63, 3.8) is 0 Å². The van der Waals surface area contributed by atoms with E-state index in [1.165, 1.54) is 18.2 Å². The van der Waals surface area contributed by atoms with Gasteiger partial charge in [0.25, 0.3) is 0 Å². The van der Waals surface area contributed by atoms with Crippen molar-refractivity contribution in [1.29, 1.82) is 0 Å². The summed E-state index contributed by atoms with van der Waals surface area (Å²) in [5, 5.41) is 4.83. The second-order valence-electron chi connectivity index (χ2n) is 3.20. The zero-order valence-corrected chi connectivity index (χ0v) is 8.84. The molecule has 0 fully saturated rings. The largest absolute Gasteiger partial charge is 0.416 e. The maximum absolute atomic E-state index is 12.2. The molecule has 0 unspecified atom stereocenters. The molecule has 1 aromatic rings. The van der Waals surface area contributed by atoms with Gasteiger partial charge in [-0.3, -0.25) is 0 Å². The molecular formula is C11H11F3N2O. The van der Waals surface area contributed by atoms with Crippen LogP contribution < -0.4 is 10.6 Å². The van der Waals surface area contributed by atoms with Crippen LogP contribution in [0, 0.1) is 0 Å². The fraction of sp³-hybridized carbons (Fsp3) is 0.182. The van der Waals surface area contributed by atoms with Crippen LogP contribution >= 0.6 is 0 Å². The van der Waals surface area contributed by atoms with Gasteiger partial charge in [-0.15, -0.1) is 6.58 Å². The summed E-state index contributed by atoms with van der Waals surface area (Å²) >= 11 is 0. The molecule has 0 aliphatic rings. The minimum absolute atomic E-state index is 0.284. The van der Waals surface area contributed by atoms with Gasteiger partial charge in [0.15, 0.2) is 0 Å². The molecule has 6 heteroatoms. The molecule has 0 aliphatic heterocycles. The Kier molecular flexibility index (Phi) is 4.14. The maximum atomic E-state index is 12.2. The van der Waals surface area contributed by atoms with Crippen LogP contribution in [0.4, 0.5) is 23.7 Å². The first kappa shape index (κ1) is 13.1. The van der Waals surface area contributed by atoms with Crippen LogP contribution in [-0.2, 0) is 6.18 Å². The summed E-state index contributed by atoms with van der Waals surface area (Å²) in [5.41, 5.74) is -0.464. The lowest BCUT2D eigenvalue weighted by atomic mass is 10.2. The van der Waals surface area contributed by atoms with Crippen molar-refractivity contribution in [3.05, 3.63) is 42.5 Å². The van der Waals surface area contributed by atoms with E-state index in [4.69, 9.17) is 0 Å². The van der Waals surface area contributed by atoms with Crippen LogP contribution in [0.5, 0.6) is 0 Å². The number of hydrogen-bond donors (Lipinski definition) is 2. The summed E-state index contributed by atoms with van der Waals surface area (Å²) < 4.78 is 36.7. The van der Waals surface area contributed by atoms with Crippen molar-refractivity contribution < 1.29 is 18.0 Å². The number of halogens is 3. The van der Waals surface area contributed by atoms with E-state index in [1.807, 2.05) is 0 Å². The van der Waals surface area contributed by atoms with Gasteiger partial charge in [0.05, 0.1) is 5.56 Å². The van der Waals surface area contributed by atoms with E-state index in [0.29, 0.717) is 5.69 Å². The summed E-state index contributed by atoms with van der Waals surface area (Å²) in [6.45, 7) is 3.70. The number of carbonyl (C=O) groups is 1. The first-order valence-electron chi connectivity index (χ1n) is 4.76. The van der Waals surface area contributed by atoms with E-state index in [-0.39, 0.29) is 6.54 Å². The number of anilines is 1. The molecule has 0 aliphatic carbocycles. The van der Waals surface area contributed by atoms with Crippen LogP contribution in [0.15, 0.2) is 36.9 Å². The molecule has 0 saturated heterocycles. The fourth-order valence-electron chi connectivity index (χ4n) is 1.08. The van der Waals surface area contributed by atoms with Gasteiger partial charge >= 0.3 is 12.2 Å². The van der Waals surface area contributed by atoms with E-state index in [1.54, 1.807) is 0 Å². The molecule has 1 rings (SSSR count). The number of amides is 2. The first-order chi connectivity index (χ1) is 7.93. The average molecular weight is 244 g/mol. The van der Waals surface area contributed by atoms with E-state index in [2.05, 4.69) is 17.2 Å². The molecule has 0 atom stereocenters. The number of benzene rings is 1. The Bertz CT molecular complexity index is 398. The Morgan fingerprint density at radius 2 is 1.88 bits per heavy atom. The second-order valence-corrected chi connectivity index (χ2v) is 3.20. The monoisotopic (exact) mass is 244 g/mol. The number of urea groups is 1. The summed E-state index contributed by atoms with van der Waals surface area (Å²) in [5.74, 6) is 0. The highest BCUT2D eigenvalue weighted by atomic mass is 19.4. The van der Waals surface area contributed by atoms with Crippen LogP contribution in [0.1, 0.15) is 5.56 Å². The fourth-order valence-corrected chi connectivity index (χ4v) is 1.08. The number of rotatable bonds is 3. The molecule has 0 aromatic heterocycles. The van der Waals surface area contributed by atoms with Crippen LogP contribution in [0.3, 0.4) is 0 Å². The zero-order chi connectivity index (χ0) is 12.9. The van der Waals surface area contributed by atoms with E-state index in [9.17, 15) is 18.0 Å². The summed E-state index contributed by atoms with van der Waals surface area (Å²) in [7, 11) is 0. The molecule has 0 radical (unpaired) electrons. The zero-order valence-electron chi connectivity index (χ0n) is 8.84. The maximum Gasteiger partial charge on any atom is 0.416 e. The van der Waals surface area contributed by atoms with Gasteiger partial charge in [0.1, 0.15) is 0 Å². The highest BCUT2D eigenvalue weighted by molar-refractivity contribution is 5.89. The van der Waals surface area contributed by atoms with Crippen molar-refractivity contribution in [3.8, 4) is 0 Å². The Hall–Kier alpha value is -1.98. The van der Waals surface area contributed by atoms with Gasteiger partial charge in [-0.05, 0) is 24.3 Å². The molecular weight excluding hydrogens is 233 g/mol. The summed E-state index contributed by atoms with van der Waals surface area (Å²) in [4.78, 5) is 11.2. The highest BCUT2D eigenvalue weighted by Crippen LogP contribution is 2.29. The molecule has 3 nitrogen and oxygen atoms in total. The number of hydrogen-bond acceptors (Lipinski definition) is 1. The Morgan fingerprint density at radius 3 is 2.35 bits per heavy atom. The predicted molar refractivity (Wildman–Crippen MR) is 58.7 cm³/mol. The SMILES string of the molecule is C=CCNC(=O)Nc1ccc(C(F)(F)F)cc1. The molecule has 2 amide bonds. The molecule has 1 aromatic carbocycles. The summed E-state index contributed by atoms with van der Waals surface area (Å²) in [6, 6.07) is 3.70. The number of carbonyl (C=O) groups excluding carboxylic acids is 1. The van der Waals surface area contributed by atoms with Crippen LogP contribution in [-0.4, -0.2) is 12.6 Å². The van der Waals surface area contributed by atoms with Crippen LogP contribution in [0.25, 0.3) is 0 Å². The molecule has 0 heterocycles. The normalized spacial score (nSPS) is 10.8. The van der Waals surface area contributed by atoms with Gasteiger partial charge in [0.2, 0.25) is 0 Å². The molecule has 0 bridgehead atoms. The third-order valence-corrected chi connectivity index (χ3v) is 1.88. The number of nitrogens with one attached hydrogen (secondary N) is 2. The minimum Gasteiger partial charge on any atom is -0.334 e. The lowest BCUT2D eigenvalue weighted by molar-refractivity contribution is -0.137. The molecule has 92 valence electrons. The first-order valence-corrected chi connectivity index (χ1v) is 4.76. The van der Waals surface area contributed by atoms with Crippen molar-refractivity contribution in [2.75, 3.05) is 11.9 Å². The molecule has 0 spiro atoms. The van der Waals surface area contributed by atoms with Gasteiger partial charge in [-0.1, -0.05) is 6.08 Å².